The topological polar surface area (TPSA) is 47.1 Å². The summed E-state index contributed by atoms with van der Waals surface area (Å²) in [5.74, 6) is 1.66. The Hall–Kier alpha value is -1.03. The van der Waals surface area contributed by atoms with Gasteiger partial charge in [-0.1, -0.05) is 13.8 Å². The van der Waals surface area contributed by atoms with Crippen LogP contribution < -0.4 is 10.6 Å². The Morgan fingerprint density at radius 2 is 2.27 bits per heavy atom. The molecule has 0 amide bonds. The number of aryl methyl sites for hydroxylation is 1. The predicted octanol–water partition coefficient (Wildman–Crippen LogP) is 1.32. The van der Waals surface area contributed by atoms with Crippen molar-refractivity contribution in [3.05, 3.63) is 12.4 Å². The standard InChI is InChI=1S/C11H22N4/c1-4-14-8-6-13-11(14)15(7-5-12)9-10(2)3/h6,8,10H,4-5,7,9,12H2,1-3H3. The van der Waals surface area contributed by atoms with Crippen LogP contribution in [0.3, 0.4) is 0 Å². The third-order valence-corrected chi connectivity index (χ3v) is 2.30. The fourth-order valence-electron chi connectivity index (χ4n) is 1.70. The number of hydrogen-bond donors (Lipinski definition) is 1. The summed E-state index contributed by atoms with van der Waals surface area (Å²) in [6.07, 6.45) is 3.86. The van der Waals surface area contributed by atoms with Crippen molar-refractivity contribution in [2.75, 3.05) is 24.5 Å². The van der Waals surface area contributed by atoms with Crippen LogP contribution in [0.1, 0.15) is 20.8 Å². The van der Waals surface area contributed by atoms with E-state index in [1.165, 1.54) is 0 Å². The highest BCUT2D eigenvalue weighted by Gasteiger charge is 2.12. The average Bonchev–Trinajstić information content (AvgIpc) is 2.64. The monoisotopic (exact) mass is 210 g/mol. The van der Waals surface area contributed by atoms with Crippen molar-refractivity contribution in [2.24, 2.45) is 11.7 Å². The summed E-state index contributed by atoms with van der Waals surface area (Å²) in [6, 6.07) is 0. The zero-order valence-corrected chi connectivity index (χ0v) is 9.98. The van der Waals surface area contributed by atoms with Gasteiger partial charge in [0.25, 0.3) is 0 Å². The maximum Gasteiger partial charge on any atom is 0.205 e. The van der Waals surface area contributed by atoms with Crippen LogP contribution in [0.4, 0.5) is 5.95 Å². The van der Waals surface area contributed by atoms with Crippen molar-refractivity contribution >= 4 is 5.95 Å². The first-order valence-corrected chi connectivity index (χ1v) is 5.65. The van der Waals surface area contributed by atoms with Crippen LogP contribution in [-0.4, -0.2) is 29.2 Å². The summed E-state index contributed by atoms with van der Waals surface area (Å²) in [6.45, 7) is 10.0. The number of imidazole rings is 1. The fourth-order valence-corrected chi connectivity index (χ4v) is 1.70. The van der Waals surface area contributed by atoms with E-state index in [0.717, 1.165) is 25.6 Å². The Labute approximate surface area is 92.1 Å². The van der Waals surface area contributed by atoms with Crippen LogP contribution in [0.15, 0.2) is 12.4 Å². The van der Waals surface area contributed by atoms with E-state index in [1.807, 2.05) is 12.4 Å². The molecule has 0 aliphatic heterocycles. The van der Waals surface area contributed by atoms with Crippen LogP contribution in [0.5, 0.6) is 0 Å². The zero-order chi connectivity index (χ0) is 11.3. The number of rotatable bonds is 6. The molecule has 86 valence electrons. The fraction of sp³-hybridized carbons (Fsp3) is 0.727. The van der Waals surface area contributed by atoms with Gasteiger partial charge in [-0.15, -0.1) is 0 Å². The molecule has 1 heterocycles. The first-order chi connectivity index (χ1) is 7.19. The lowest BCUT2D eigenvalue weighted by molar-refractivity contribution is 0.588. The maximum atomic E-state index is 5.62. The zero-order valence-electron chi connectivity index (χ0n) is 9.98. The van der Waals surface area contributed by atoms with E-state index < -0.39 is 0 Å². The third-order valence-electron chi connectivity index (χ3n) is 2.30. The van der Waals surface area contributed by atoms with Crippen molar-refractivity contribution in [3.63, 3.8) is 0 Å². The van der Waals surface area contributed by atoms with Crippen molar-refractivity contribution in [3.8, 4) is 0 Å². The van der Waals surface area contributed by atoms with E-state index in [1.54, 1.807) is 0 Å². The average molecular weight is 210 g/mol. The summed E-state index contributed by atoms with van der Waals surface area (Å²) < 4.78 is 2.15. The van der Waals surface area contributed by atoms with Gasteiger partial charge in [0.1, 0.15) is 0 Å². The molecule has 15 heavy (non-hydrogen) atoms. The Kier molecular flexibility index (Phi) is 4.62. The molecule has 0 aliphatic carbocycles. The molecule has 1 aromatic heterocycles. The molecule has 1 rings (SSSR count). The van der Waals surface area contributed by atoms with E-state index in [-0.39, 0.29) is 0 Å². The van der Waals surface area contributed by atoms with Crippen molar-refractivity contribution in [1.82, 2.24) is 9.55 Å². The SMILES string of the molecule is CCn1ccnc1N(CCN)CC(C)C. The van der Waals surface area contributed by atoms with Crippen molar-refractivity contribution in [1.29, 1.82) is 0 Å². The van der Waals surface area contributed by atoms with Crippen LogP contribution in [0.25, 0.3) is 0 Å². The maximum absolute atomic E-state index is 5.62. The molecule has 0 spiro atoms. The number of nitrogens with two attached hydrogens (primary N) is 1. The number of nitrogens with zero attached hydrogens (tertiary/aromatic N) is 3. The minimum atomic E-state index is 0.624. The van der Waals surface area contributed by atoms with Gasteiger partial charge in [-0.2, -0.15) is 0 Å². The molecule has 0 saturated carbocycles. The van der Waals surface area contributed by atoms with E-state index in [9.17, 15) is 0 Å². The van der Waals surface area contributed by atoms with Gasteiger partial charge in [-0.25, -0.2) is 4.98 Å². The third kappa shape index (κ3) is 3.23. The molecule has 4 heteroatoms. The second kappa shape index (κ2) is 5.75. The molecular weight excluding hydrogens is 188 g/mol. The van der Waals surface area contributed by atoms with E-state index in [0.29, 0.717) is 12.5 Å². The molecule has 0 bridgehead atoms. The normalized spacial score (nSPS) is 11.0. The molecule has 4 nitrogen and oxygen atoms in total. The van der Waals surface area contributed by atoms with Crippen molar-refractivity contribution < 1.29 is 0 Å². The molecule has 0 atom stereocenters. The van der Waals surface area contributed by atoms with Crippen LogP contribution >= 0.6 is 0 Å². The number of aromatic nitrogens is 2. The first kappa shape index (κ1) is 12.0. The lowest BCUT2D eigenvalue weighted by Gasteiger charge is -2.25. The summed E-state index contributed by atoms with van der Waals surface area (Å²) in [5, 5.41) is 0. The van der Waals surface area contributed by atoms with E-state index in [4.69, 9.17) is 5.73 Å². The largest absolute Gasteiger partial charge is 0.341 e. The number of anilines is 1. The summed E-state index contributed by atoms with van der Waals surface area (Å²) in [7, 11) is 0. The van der Waals surface area contributed by atoms with Gasteiger partial charge in [0.05, 0.1) is 0 Å². The lowest BCUT2D eigenvalue weighted by Crippen LogP contribution is -2.34. The van der Waals surface area contributed by atoms with Crippen molar-refractivity contribution in [2.45, 2.75) is 27.3 Å². The summed E-state index contributed by atoms with van der Waals surface area (Å²) in [4.78, 5) is 6.65. The van der Waals surface area contributed by atoms with Crippen LogP contribution in [0.2, 0.25) is 0 Å². The molecule has 0 unspecified atom stereocenters. The van der Waals surface area contributed by atoms with Gasteiger partial charge in [-0.3, -0.25) is 0 Å². The van der Waals surface area contributed by atoms with Gasteiger partial charge in [0.15, 0.2) is 0 Å². The highest BCUT2D eigenvalue weighted by molar-refractivity contribution is 5.31. The van der Waals surface area contributed by atoms with Crippen LogP contribution in [-0.2, 0) is 6.54 Å². The minimum absolute atomic E-state index is 0.624. The Balaban J connectivity index is 2.78. The second-order valence-electron chi connectivity index (χ2n) is 4.14. The van der Waals surface area contributed by atoms with Crippen LogP contribution in [0, 0.1) is 5.92 Å². The molecule has 0 aromatic carbocycles. The molecule has 0 saturated heterocycles. The summed E-state index contributed by atoms with van der Waals surface area (Å²) in [5.41, 5.74) is 5.62. The van der Waals surface area contributed by atoms with Gasteiger partial charge < -0.3 is 15.2 Å². The molecule has 0 radical (unpaired) electrons. The highest BCUT2D eigenvalue weighted by atomic mass is 15.3. The Bertz CT molecular complexity index is 280. The van der Waals surface area contributed by atoms with Gasteiger partial charge >= 0.3 is 0 Å². The van der Waals surface area contributed by atoms with Gasteiger partial charge in [-0.05, 0) is 12.8 Å². The molecular formula is C11H22N4. The van der Waals surface area contributed by atoms with Gasteiger partial charge in [0, 0.05) is 38.6 Å². The predicted molar refractivity (Wildman–Crippen MR) is 64.0 cm³/mol. The first-order valence-electron chi connectivity index (χ1n) is 5.65. The van der Waals surface area contributed by atoms with E-state index >= 15 is 0 Å². The minimum Gasteiger partial charge on any atom is -0.341 e. The highest BCUT2D eigenvalue weighted by Crippen LogP contribution is 2.12. The number of hydrogen-bond acceptors (Lipinski definition) is 3. The molecule has 2 N–H and O–H groups in total. The smallest absolute Gasteiger partial charge is 0.205 e. The Morgan fingerprint density at radius 3 is 2.80 bits per heavy atom. The van der Waals surface area contributed by atoms with Gasteiger partial charge in [0.2, 0.25) is 5.95 Å². The second-order valence-corrected chi connectivity index (χ2v) is 4.14. The molecule has 0 fully saturated rings. The lowest BCUT2D eigenvalue weighted by atomic mass is 10.2. The summed E-state index contributed by atoms with van der Waals surface area (Å²) >= 11 is 0. The molecule has 1 aromatic rings. The molecule has 0 aliphatic rings. The Morgan fingerprint density at radius 1 is 1.53 bits per heavy atom. The van der Waals surface area contributed by atoms with E-state index in [2.05, 4.69) is 35.2 Å². The quantitative estimate of drug-likeness (QED) is 0.770.